The number of carbonyl (C=O) groups excluding carboxylic acids is 2. The van der Waals surface area contributed by atoms with Crippen molar-refractivity contribution >= 4 is 11.9 Å². The average Bonchev–Trinajstić information content (AvgIpc) is 3.04. The second-order valence-electron chi connectivity index (χ2n) is 10.1. The highest BCUT2D eigenvalue weighted by atomic mass is 16.5. The molecule has 2 saturated heterocycles. The number of carbonyl (C=O) groups is 2. The number of aliphatic hydroxyl groups excluding tert-OH is 1. The molecule has 7 heteroatoms. The molecule has 4 rings (SSSR count). The van der Waals surface area contributed by atoms with Gasteiger partial charge < -0.3 is 30.4 Å². The molecule has 0 bridgehead atoms. The topological polar surface area (TPSA) is 118 Å². The number of aliphatic carboxylic acids is 1. The SMILES string of the molecule is [2H]C1(C2CCN(C(=O)CO)[C@@]2(C(=O)[O-])C2CCCCCC2)CCCCO1.[NH3+]C1CCCCC1. The van der Waals surface area contributed by atoms with Gasteiger partial charge in [0.25, 0.3) is 0 Å². The van der Waals surface area contributed by atoms with Crippen molar-refractivity contribution in [1.82, 2.24) is 4.90 Å². The van der Waals surface area contributed by atoms with Crippen LogP contribution in [0.5, 0.6) is 0 Å². The van der Waals surface area contributed by atoms with Gasteiger partial charge in [-0.05, 0) is 70.1 Å². The summed E-state index contributed by atoms with van der Waals surface area (Å²) in [5.74, 6) is -2.75. The Balaban J connectivity index is 0.000000374. The van der Waals surface area contributed by atoms with Crippen molar-refractivity contribution < 1.29 is 31.6 Å². The van der Waals surface area contributed by atoms with Crippen molar-refractivity contribution in [2.45, 2.75) is 114 Å². The van der Waals surface area contributed by atoms with Crippen LogP contribution in [0, 0.1) is 11.8 Å². The maximum absolute atomic E-state index is 12.6. The van der Waals surface area contributed by atoms with E-state index in [2.05, 4.69) is 5.73 Å². The van der Waals surface area contributed by atoms with Crippen LogP contribution >= 0.6 is 0 Å². The standard InChI is InChI=1S/C19H31NO5.C6H13N/c21-13-17(22)20-11-10-15(16-9-5-6-12-25-16)19(20,18(23)24)14-7-3-1-2-4-8-14;7-6-4-2-1-3-5-6/h14-16,21H,1-13H2,(H,23,24);6H,1-5,7H2/t15?,16?,19-;/m0./s1/i16D;. The Hall–Kier alpha value is -1.18. The molecule has 0 aromatic carbocycles. The average molecular weight is 454 g/mol. The summed E-state index contributed by atoms with van der Waals surface area (Å²) in [6, 6.07) is 0.786. The summed E-state index contributed by atoms with van der Waals surface area (Å²) in [7, 11) is 0. The van der Waals surface area contributed by atoms with Crippen LogP contribution in [-0.4, -0.2) is 59.3 Å². The van der Waals surface area contributed by atoms with Crippen molar-refractivity contribution in [3.05, 3.63) is 0 Å². The summed E-state index contributed by atoms with van der Waals surface area (Å²) >= 11 is 0. The largest absolute Gasteiger partial charge is 0.548 e. The number of aliphatic hydroxyl groups is 1. The van der Waals surface area contributed by atoms with Crippen LogP contribution in [0.2, 0.25) is 0 Å². The highest BCUT2D eigenvalue weighted by molar-refractivity contribution is 5.88. The first-order chi connectivity index (χ1) is 15.9. The van der Waals surface area contributed by atoms with Gasteiger partial charge in [0.1, 0.15) is 6.61 Å². The third-order valence-corrected chi connectivity index (χ3v) is 8.08. The van der Waals surface area contributed by atoms with E-state index < -0.39 is 36.0 Å². The molecule has 2 aliphatic heterocycles. The van der Waals surface area contributed by atoms with Crippen LogP contribution in [0.15, 0.2) is 0 Å². The third-order valence-electron chi connectivity index (χ3n) is 8.08. The van der Waals surface area contributed by atoms with Gasteiger partial charge in [0.05, 0.1) is 25.0 Å². The zero-order valence-electron chi connectivity index (χ0n) is 20.7. The van der Waals surface area contributed by atoms with Crippen molar-refractivity contribution in [2.24, 2.45) is 11.8 Å². The Morgan fingerprint density at radius 1 is 0.969 bits per heavy atom. The summed E-state index contributed by atoms with van der Waals surface area (Å²) in [5.41, 5.74) is 2.45. The van der Waals surface area contributed by atoms with E-state index >= 15 is 0 Å². The first-order valence-electron chi connectivity index (χ1n) is 13.5. The Labute approximate surface area is 194 Å². The van der Waals surface area contributed by atoms with E-state index in [1.165, 1.54) is 37.0 Å². The smallest absolute Gasteiger partial charge is 0.249 e. The van der Waals surface area contributed by atoms with E-state index in [1.54, 1.807) is 0 Å². The molecular formula is C25H44N2O5. The molecule has 1 amide bonds. The quantitative estimate of drug-likeness (QED) is 0.624. The molecule has 4 fully saturated rings. The minimum Gasteiger partial charge on any atom is -0.548 e. The number of hydrogen-bond donors (Lipinski definition) is 2. The molecule has 0 aromatic heterocycles. The molecule has 0 aromatic rings. The van der Waals surface area contributed by atoms with Crippen molar-refractivity contribution in [3.8, 4) is 0 Å². The number of quaternary nitrogens is 1. The predicted octanol–water partition coefficient (Wildman–Crippen LogP) is 1.42. The van der Waals surface area contributed by atoms with Gasteiger partial charge in [-0.3, -0.25) is 4.79 Å². The summed E-state index contributed by atoms with van der Waals surface area (Å²) in [6.07, 6.45) is 13.7. The van der Waals surface area contributed by atoms with Gasteiger partial charge in [0.15, 0.2) is 0 Å². The number of hydrogen-bond acceptors (Lipinski definition) is 5. The first-order valence-corrected chi connectivity index (χ1v) is 13.0. The van der Waals surface area contributed by atoms with Crippen molar-refractivity contribution in [2.75, 3.05) is 19.8 Å². The van der Waals surface area contributed by atoms with Crippen LogP contribution in [0.3, 0.4) is 0 Å². The fourth-order valence-corrected chi connectivity index (χ4v) is 6.46. The lowest BCUT2D eigenvalue weighted by atomic mass is 9.68. The van der Waals surface area contributed by atoms with Crippen molar-refractivity contribution in [1.29, 1.82) is 0 Å². The van der Waals surface area contributed by atoms with Gasteiger partial charge >= 0.3 is 0 Å². The van der Waals surface area contributed by atoms with E-state index in [4.69, 9.17) is 6.11 Å². The van der Waals surface area contributed by atoms with E-state index in [-0.39, 0.29) is 12.5 Å². The second-order valence-corrected chi connectivity index (χ2v) is 10.1. The molecule has 2 saturated carbocycles. The lowest BCUT2D eigenvalue weighted by Gasteiger charge is -2.50. The van der Waals surface area contributed by atoms with Gasteiger partial charge in [-0.15, -0.1) is 0 Å². The van der Waals surface area contributed by atoms with Crippen LogP contribution < -0.4 is 10.8 Å². The number of likely N-dealkylation sites (tertiary alicyclic amines) is 1. The molecule has 2 heterocycles. The number of carboxylic acids is 1. The monoisotopic (exact) mass is 453 g/mol. The maximum Gasteiger partial charge on any atom is 0.249 e. The Morgan fingerprint density at radius 3 is 2.06 bits per heavy atom. The zero-order valence-corrected chi connectivity index (χ0v) is 19.7. The van der Waals surface area contributed by atoms with E-state index in [1.807, 2.05) is 0 Å². The van der Waals surface area contributed by atoms with Crippen LogP contribution in [0.25, 0.3) is 0 Å². The normalized spacial score (nSPS) is 35.4. The minimum absolute atomic E-state index is 0.235. The lowest BCUT2D eigenvalue weighted by molar-refractivity contribution is -0.425. The number of amides is 1. The highest BCUT2D eigenvalue weighted by Gasteiger charge is 2.58. The van der Waals surface area contributed by atoms with Crippen LogP contribution in [0.1, 0.15) is 97.7 Å². The zero-order chi connectivity index (χ0) is 23.9. The van der Waals surface area contributed by atoms with Gasteiger partial charge in [-0.1, -0.05) is 32.1 Å². The maximum atomic E-state index is 12.6. The molecule has 4 N–H and O–H groups in total. The number of carboxylic acid groups (broad SMARTS) is 1. The van der Waals surface area contributed by atoms with Crippen molar-refractivity contribution in [3.63, 3.8) is 0 Å². The molecule has 3 atom stereocenters. The Kier molecular flexibility index (Phi) is 9.23. The summed E-state index contributed by atoms with van der Waals surface area (Å²) in [4.78, 5) is 26.4. The van der Waals surface area contributed by atoms with E-state index in [0.29, 0.717) is 32.3 Å². The molecule has 0 spiro atoms. The summed E-state index contributed by atoms with van der Waals surface area (Å²) in [6.45, 7) is -0.0411. The number of nitrogens with zero attached hydrogens (tertiary/aromatic N) is 1. The molecular weight excluding hydrogens is 408 g/mol. The highest BCUT2D eigenvalue weighted by Crippen LogP contribution is 2.49. The molecule has 2 unspecified atom stereocenters. The summed E-state index contributed by atoms with van der Waals surface area (Å²) in [5, 5.41) is 22.1. The number of rotatable bonds is 4. The van der Waals surface area contributed by atoms with E-state index in [0.717, 1.165) is 44.6 Å². The second kappa shape index (κ2) is 12.3. The Bertz CT molecular complexity index is 643. The lowest BCUT2D eigenvalue weighted by Crippen LogP contribution is -2.67. The Morgan fingerprint density at radius 2 is 1.56 bits per heavy atom. The van der Waals surface area contributed by atoms with Gasteiger partial charge in [0, 0.05) is 19.1 Å². The van der Waals surface area contributed by atoms with Gasteiger partial charge in [-0.25, -0.2) is 0 Å². The van der Waals surface area contributed by atoms with Gasteiger partial charge in [0.2, 0.25) is 5.91 Å². The number of ether oxygens (including phenoxy) is 1. The molecule has 0 radical (unpaired) electrons. The fourth-order valence-electron chi connectivity index (χ4n) is 6.46. The molecule has 32 heavy (non-hydrogen) atoms. The molecule has 184 valence electrons. The van der Waals surface area contributed by atoms with Crippen LogP contribution in [-0.2, 0) is 14.3 Å². The summed E-state index contributed by atoms with van der Waals surface area (Å²) < 4.78 is 14.7. The molecule has 7 nitrogen and oxygen atoms in total. The molecule has 4 aliphatic rings. The fraction of sp³-hybridized carbons (Fsp3) is 0.920. The van der Waals surface area contributed by atoms with E-state index in [9.17, 15) is 19.8 Å². The third kappa shape index (κ3) is 5.65. The first kappa shape index (κ1) is 24.0. The van der Waals surface area contributed by atoms with Gasteiger partial charge in [-0.2, -0.15) is 0 Å². The van der Waals surface area contributed by atoms with Crippen LogP contribution in [0.4, 0.5) is 0 Å². The molecule has 2 aliphatic carbocycles. The minimum atomic E-state index is -1.55. The predicted molar refractivity (Wildman–Crippen MR) is 119 cm³/mol.